The highest BCUT2D eigenvalue weighted by Crippen LogP contribution is 2.22. The Labute approximate surface area is 133 Å². The highest BCUT2D eigenvalue weighted by molar-refractivity contribution is 6.01. The third-order valence-corrected chi connectivity index (χ3v) is 3.36. The number of aromatic nitrogens is 2. The maximum atomic E-state index is 4.65. The van der Waals surface area contributed by atoms with E-state index in [2.05, 4.69) is 20.5 Å². The van der Waals surface area contributed by atoms with Crippen LogP contribution in [0.15, 0.2) is 84.2 Å². The molecule has 3 heterocycles. The van der Waals surface area contributed by atoms with E-state index in [-0.39, 0.29) is 0 Å². The number of benzene rings is 1. The summed E-state index contributed by atoms with van der Waals surface area (Å²) < 4.78 is 0. The van der Waals surface area contributed by atoms with Gasteiger partial charge in [0.1, 0.15) is 0 Å². The molecule has 0 aliphatic carbocycles. The first kappa shape index (κ1) is 13.3. The number of hydrogen-bond donors (Lipinski definition) is 1. The van der Waals surface area contributed by atoms with Crippen LogP contribution in [0.25, 0.3) is 0 Å². The van der Waals surface area contributed by atoms with Gasteiger partial charge >= 0.3 is 0 Å². The fourth-order valence-corrected chi connectivity index (χ4v) is 2.29. The summed E-state index contributed by atoms with van der Waals surface area (Å²) in [4.78, 5) is 8.76. The zero-order valence-corrected chi connectivity index (χ0v) is 12.2. The van der Waals surface area contributed by atoms with E-state index in [1.807, 2.05) is 66.7 Å². The van der Waals surface area contributed by atoms with Crippen molar-refractivity contribution in [1.29, 1.82) is 0 Å². The number of anilines is 2. The molecule has 0 bridgehead atoms. The quantitative estimate of drug-likeness (QED) is 0.806. The smallest absolute Gasteiger partial charge is 0.176 e. The summed E-state index contributed by atoms with van der Waals surface area (Å²) in [5.74, 6) is 2.17. The zero-order chi connectivity index (χ0) is 15.5. The molecule has 0 saturated heterocycles. The fraction of sp³-hybridized carbons (Fsp3) is 0. The van der Waals surface area contributed by atoms with E-state index in [1.54, 1.807) is 22.6 Å². The van der Waals surface area contributed by atoms with Gasteiger partial charge in [-0.15, -0.1) is 10.2 Å². The Kier molecular flexibility index (Phi) is 3.32. The molecule has 1 aliphatic heterocycles. The number of hydrogen-bond acceptors (Lipinski definition) is 6. The van der Waals surface area contributed by atoms with Crippen molar-refractivity contribution in [2.24, 2.45) is 5.10 Å². The van der Waals surface area contributed by atoms with Gasteiger partial charge in [-0.1, -0.05) is 42.5 Å². The van der Waals surface area contributed by atoms with Crippen molar-refractivity contribution in [3.05, 3.63) is 84.7 Å². The van der Waals surface area contributed by atoms with Gasteiger partial charge < -0.3 is 0 Å². The molecule has 1 N–H and O–H groups in total. The number of amidine groups is 1. The van der Waals surface area contributed by atoms with Crippen molar-refractivity contribution in [2.75, 3.05) is 10.2 Å². The van der Waals surface area contributed by atoms with Gasteiger partial charge in [-0.3, -0.25) is 5.43 Å². The van der Waals surface area contributed by atoms with Gasteiger partial charge in [0.2, 0.25) is 0 Å². The van der Waals surface area contributed by atoms with E-state index in [1.165, 1.54) is 0 Å². The van der Waals surface area contributed by atoms with Crippen LogP contribution in [0.2, 0.25) is 0 Å². The number of nitrogens with zero attached hydrogens (tertiary/aromatic N) is 5. The lowest BCUT2D eigenvalue weighted by atomic mass is 10.2. The number of pyridine rings is 2. The Morgan fingerprint density at radius 3 is 2.00 bits per heavy atom. The second kappa shape index (κ2) is 5.76. The molecule has 6 nitrogen and oxygen atoms in total. The van der Waals surface area contributed by atoms with Crippen molar-refractivity contribution in [3.63, 3.8) is 0 Å². The average Bonchev–Trinajstić information content (AvgIpc) is 3.09. The predicted molar refractivity (Wildman–Crippen MR) is 89.5 cm³/mol. The molecule has 0 unspecified atom stereocenters. The molecule has 3 aromatic rings. The van der Waals surface area contributed by atoms with Gasteiger partial charge in [0.05, 0.1) is 0 Å². The normalized spacial score (nSPS) is 13.7. The molecule has 112 valence electrons. The first-order chi connectivity index (χ1) is 11.4. The SMILES string of the molecule is c1ccc(C2=NN(c3ccccn3)N(c3ccccn3)N2)cc1. The Morgan fingerprint density at radius 1 is 0.696 bits per heavy atom. The van der Waals surface area contributed by atoms with Crippen LogP contribution in [-0.4, -0.2) is 15.8 Å². The van der Waals surface area contributed by atoms with Gasteiger partial charge in [-0.2, -0.15) is 5.12 Å². The third-order valence-electron chi connectivity index (χ3n) is 3.36. The lowest BCUT2D eigenvalue weighted by molar-refractivity contribution is 0.745. The summed E-state index contributed by atoms with van der Waals surface area (Å²) in [5, 5.41) is 8.12. The van der Waals surface area contributed by atoms with Crippen LogP contribution in [0, 0.1) is 0 Å². The molecule has 0 fully saturated rings. The van der Waals surface area contributed by atoms with Crippen LogP contribution in [0.3, 0.4) is 0 Å². The molecule has 23 heavy (non-hydrogen) atoms. The van der Waals surface area contributed by atoms with E-state index in [9.17, 15) is 0 Å². The predicted octanol–water partition coefficient (Wildman–Crippen LogP) is 2.58. The minimum atomic E-state index is 0.705. The Morgan fingerprint density at radius 2 is 1.35 bits per heavy atom. The molecule has 1 aromatic carbocycles. The van der Waals surface area contributed by atoms with Crippen molar-refractivity contribution in [2.45, 2.75) is 0 Å². The topological polar surface area (TPSA) is 56.7 Å². The minimum Gasteiger partial charge on any atom is -0.257 e. The number of hydrazone groups is 1. The molecule has 0 radical (unpaired) electrons. The summed E-state index contributed by atoms with van der Waals surface area (Å²) in [6, 6.07) is 21.4. The lowest BCUT2D eigenvalue weighted by Crippen LogP contribution is -2.45. The second-order valence-corrected chi connectivity index (χ2v) is 4.90. The van der Waals surface area contributed by atoms with E-state index in [0.717, 1.165) is 17.2 Å². The van der Waals surface area contributed by atoms with Crippen molar-refractivity contribution in [1.82, 2.24) is 15.4 Å². The summed E-state index contributed by atoms with van der Waals surface area (Å²) >= 11 is 0. The standard InChI is InChI=1S/C17H14N6/c1-2-8-14(9-3-1)17-20-22(15-10-4-6-12-18-15)23(21-17)16-11-5-7-13-19-16/h1-13H,(H,20,21). The Hall–Kier alpha value is -3.41. The average molecular weight is 302 g/mol. The largest absolute Gasteiger partial charge is 0.257 e. The number of rotatable bonds is 3. The highest BCUT2D eigenvalue weighted by Gasteiger charge is 2.27. The molecule has 0 atom stereocenters. The minimum absolute atomic E-state index is 0.705. The summed E-state index contributed by atoms with van der Waals surface area (Å²) in [7, 11) is 0. The Balaban J connectivity index is 1.75. The van der Waals surface area contributed by atoms with E-state index >= 15 is 0 Å². The zero-order valence-electron chi connectivity index (χ0n) is 12.2. The molecule has 1 aliphatic rings. The van der Waals surface area contributed by atoms with Crippen molar-refractivity contribution < 1.29 is 0 Å². The lowest BCUT2D eigenvalue weighted by Gasteiger charge is -2.25. The van der Waals surface area contributed by atoms with Crippen LogP contribution < -0.4 is 15.7 Å². The number of nitrogens with one attached hydrogen (secondary N) is 1. The molecule has 6 heteroatoms. The molecule has 2 aromatic heterocycles. The third kappa shape index (κ3) is 2.57. The molecular formula is C17H14N6. The molecular weight excluding hydrogens is 288 g/mol. The van der Waals surface area contributed by atoms with E-state index in [0.29, 0.717) is 5.82 Å². The van der Waals surface area contributed by atoms with Crippen LogP contribution in [0.4, 0.5) is 11.6 Å². The maximum Gasteiger partial charge on any atom is 0.176 e. The first-order valence-corrected chi connectivity index (χ1v) is 7.25. The van der Waals surface area contributed by atoms with Gasteiger partial charge in [0.25, 0.3) is 0 Å². The van der Waals surface area contributed by atoms with Crippen LogP contribution in [-0.2, 0) is 0 Å². The van der Waals surface area contributed by atoms with Crippen LogP contribution in [0.1, 0.15) is 5.56 Å². The van der Waals surface area contributed by atoms with Gasteiger partial charge in [-0.25, -0.2) is 9.97 Å². The summed E-state index contributed by atoms with van der Waals surface area (Å²) in [6.07, 6.45) is 3.48. The molecule has 0 spiro atoms. The van der Waals surface area contributed by atoms with Gasteiger partial charge in [0, 0.05) is 18.0 Å². The first-order valence-electron chi connectivity index (χ1n) is 7.25. The number of hydrazine groups is 2. The van der Waals surface area contributed by atoms with Crippen molar-refractivity contribution >= 4 is 17.5 Å². The molecule has 4 rings (SSSR count). The Bertz CT molecular complexity index is 804. The maximum absolute atomic E-state index is 4.65. The monoisotopic (exact) mass is 302 g/mol. The van der Waals surface area contributed by atoms with Gasteiger partial charge in [-0.05, 0) is 24.3 Å². The van der Waals surface area contributed by atoms with E-state index in [4.69, 9.17) is 0 Å². The fourth-order valence-electron chi connectivity index (χ4n) is 2.29. The highest BCUT2D eigenvalue weighted by atomic mass is 16.0. The van der Waals surface area contributed by atoms with Crippen LogP contribution >= 0.6 is 0 Å². The van der Waals surface area contributed by atoms with E-state index < -0.39 is 0 Å². The second-order valence-electron chi connectivity index (χ2n) is 4.90. The van der Waals surface area contributed by atoms with Gasteiger partial charge in [0.15, 0.2) is 17.5 Å². The summed E-state index contributed by atoms with van der Waals surface area (Å²) in [6.45, 7) is 0. The molecule has 0 amide bonds. The summed E-state index contributed by atoms with van der Waals surface area (Å²) in [5.41, 5.74) is 4.27. The molecule has 0 saturated carbocycles. The van der Waals surface area contributed by atoms with Crippen LogP contribution in [0.5, 0.6) is 0 Å². The van der Waals surface area contributed by atoms with Crippen molar-refractivity contribution in [3.8, 4) is 0 Å².